The topological polar surface area (TPSA) is 85.2 Å². The fourth-order valence-corrected chi connectivity index (χ4v) is 2.02. The van der Waals surface area contributed by atoms with Gasteiger partial charge in [0.15, 0.2) is 5.82 Å². The van der Waals surface area contributed by atoms with Crippen molar-refractivity contribution in [1.82, 2.24) is 15.0 Å². The summed E-state index contributed by atoms with van der Waals surface area (Å²) in [6.07, 6.45) is -0.760. The number of hydrogen-bond acceptors (Lipinski definition) is 5. The molecule has 0 unspecified atom stereocenters. The number of benzene rings is 1. The third-order valence-electron chi connectivity index (χ3n) is 3.28. The molecule has 0 fully saturated rings. The Balaban J connectivity index is 1.77. The van der Waals surface area contributed by atoms with Crippen molar-refractivity contribution in [2.75, 3.05) is 0 Å². The first-order valence-corrected chi connectivity index (χ1v) is 7.20. The lowest BCUT2D eigenvalue weighted by Crippen LogP contribution is -2.04. The van der Waals surface area contributed by atoms with E-state index in [1.807, 2.05) is 0 Å². The highest BCUT2D eigenvalue weighted by Gasteiger charge is 2.30. The maximum atomic E-state index is 12.7. The van der Waals surface area contributed by atoms with Crippen LogP contribution in [0.2, 0.25) is 0 Å². The maximum Gasteiger partial charge on any atom is 0.416 e. The van der Waals surface area contributed by atoms with Crippen molar-refractivity contribution in [2.45, 2.75) is 6.18 Å². The van der Waals surface area contributed by atoms with E-state index in [0.29, 0.717) is 5.56 Å². The van der Waals surface area contributed by atoms with Crippen LogP contribution >= 0.6 is 0 Å². The van der Waals surface area contributed by atoms with Gasteiger partial charge in [0.2, 0.25) is 5.88 Å². The molecule has 0 amide bonds. The van der Waals surface area contributed by atoms with Gasteiger partial charge in [0, 0.05) is 30.2 Å². The van der Waals surface area contributed by atoms with Gasteiger partial charge in [-0.25, -0.2) is 19.7 Å². The molecule has 0 aliphatic carbocycles. The molecular formula is C17H10F3N3O3. The number of nitrogens with zero attached hydrogens (tertiary/aromatic N) is 3. The molecule has 3 rings (SSSR count). The molecule has 132 valence electrons. The van der Waals surface area contributed by atoms with Crippen molar-refractivity contribution in [3.05, 3.63) is 66.1 Å². The summed E-state index contributed by atoms with van der Waals surface area (Å²) < 4.78 is 43.4. The van der Waals surface area contributed by atoms with Gasteiger partial charge in [-0.05, 0) is 24.3 Å². The summed E-state index contributed by atoms with van der Waals surface area (Å²) in [6.45, 7) is 0. The molecule has 0 spiro atoms. The first-order valence-electron chi connectivity index (χ1n) is 7.20. The molecule has 0 saturated heterocycles. The highest BCUT2D eigenvalue weighted by molar-refractivity contribution is 5.86. The number of ether oxygens (including phenoxy) is 1. The summed E-state index contributed by atoms with van der Waals surface area (Å²) in [7, 11) is 0. The Morgan fingerprint density at radius 1 is 1.00 bits per heavy atom. The first-order chi connectivity index (χ1) is 12.3. The van der Waals surface area contributed by atoms with Crippen molar-refractivity contribution in [3.8, 4) is 23.0 Å². The molecule has 2 aromatic heterocycles. The average molecular weight is 361 g/mol. The highest BCUT2D eigenvalue weighted by atomic mass is 19.4. The first kappa shape index (κ1) is 17.3. The van der Waals surface area contributed by atoms with Crippen LogP contribution in [0.5, 0.6) is 11.6 Å². The van der Waals surface area contributed by atoms with E-state index in [4.69, 9.17) is 9.84 Å². The van der Waals surface area contributed by atoms with Gasteiger partial charge in [-0.1, -0.05) is 6.07 Å². The summed E-state index contributed by atoms with van der Waals surface area (Å²) in [5, 5.41) is 8.81. The monoisotopic (exact) mass is 361 g/mol. The van der Waals surface area contributed by atoms with Gasteiger partial charge in [0.05, 0.1) is 11.1 Å². The summed E-state index contributed by atoms with van der Waals surface area (Å²) in [5.41, 5.74) is -0.372. The van der Waals surface area contributed by atoms with Gasteiger partial charge < -0.3 is 9.84 Å². The van der Waals surface area contributed by atoms with Crippen molar-refractivity contribution in [2.24, 2.45) is 0 Å². The number of carboxylic acid groups (broad SMARTS) is 1. The zero-order valence-electron chi connectivity index (χ0n) is 12.9. The number of halogens is 3. The third kappa shape index (κ3) is 3.94. The number of pyridine rings is 1. The summed E-state index contributed by atoms with van der Waals surface area (Å²) in [6, 6.07) is 7.46. The van der Waals surface area contributed by atoms with E-state index >= 15 is 0 Å². The molecular weight excluding hydrogens is 351 g/mol. The lowest BCUT2D eigenvalue weighted by Gasteiger charge is -2.09. The second kappa shape index (κ2) is 6.79. The largest absolute Gasteiger partial charge is 0.478 e. The van der Waals surface area contributed by atoms with Crippen LogP contribution in [0.15, 0.2) is 55.0 Å². The maximum absolute atomic E-state index is 12.7. The van der Waals surface area contributed by atoms with Gasteiger partial charge in [0.25, 0.3) is 0 Å². The van der Waals surface area contributed by atoms with Crippen LogP contribution in [0.1, 0.15) is 15.9 Å². The van der Waals surface area contributed by atoms with E-state index in [2.05, 4.69) is 15.0 Å². The van der Waals surface area contributed by atoms with E-state index in [-0.39, 0.29) is 23.0 Å². The van der Waals surface area contributed by atoms with Crippen molar-refractivity contribution < 1.29 is 27.8 Å². The van der Waals surface area contributed by atoms with Crippen molar-refractivity contribution in [1.29, 1.82) is 0 Å². The molecule has 2 heterocycles. The Bertz CT molecular complexity index is 926. The lowest BCUT2D eigenvalue weighted by atomic mass is 10.2. The van der Waals surface area contributed by atoms with Crippen LogP contribution in [0.3, 0.4) is 0 Å². The van der Waals surface area contributed by atoms with Gasteiger partial charge >= 0.3 is 12.1 Å². The molecule has 0 saturated carbocycles. The van der Waals surface area contributed by atoms with Crippen LogP contribution in [-0.2, 0) is 6.18 Å². The molecule has 3 aromatic rings. The summed E-state index contributed by atoms with van der Waals surface area (Å²) >= 11 is 0. The van der Waals surface area contributed by atoms with E-state index in [1.165, 1.54) is 24.4 Å². The third-order valence-corrected chi connectivity index (χ3v) is 3.28. The molecule has 0 aliphatic rings. The highest BCUT2D eigenvalue weighted by Crippen LogP contribution is 2.32. The van der Waals surface area contributed by atoms with Gasteiger partial charge in [-0.15, -0.1) is 0 Å². The molecule has 26 heavy (non-hydrogen) atoms. The Morgan fingerprint density at radius 3 is 2.31 bits per heavy atom. The molecule has 0 atom stereocenters. The zero-order chi connectivity index (χ0) is 18.7. The molecule has 9 heteroatoms. The molecule has 1 N–H and O–H groups in total. The second-order valence-corrected chi connectivity index (χ2v) is 5.11. The van der Waals surface area contributed by atoms with Gasteiger partial charge in [-0.3, -0.25) is 0 Å². The molecule has 0 aliphatic heterocycles. The molecule has 1 aromatic carbocycles. The fourth-order valence-electron chi connectivity index (χ4n) is 2.02. The van der Waals surface area contributed by atoms with E-state index in [9.17, 15) is 18.0 Å². The van der Waals surface area contributed by atoms with Crippen molar-refractivity contribution in [3.63, 3.8) is 0 Å². The predicted molar refractivity (Wildman–Crippen MR) is 83.7 cm³/mol. The number of aromatic carboxylic acids is 1. The van der Waals surface area contributed by atoms with E-state index < -0.39 is 17.7 Å². The summed E-state index contributed by atoms with van der Waals surface area (Å²) in [5.74, 6) is -0.787. The SMILES string of the molecule is O=C(O)c1cnc(-c2ccc(Oc3cccc(C(F)(F)F)c3)nc2)nc1. The summed E-state index contributed by atoms with van der Waals surface area (Å²) in [4.78, 5) is 22.6. The minimum absolute atomic E-state index is 0.00198. The standard InChI is InChI=1S/C17H10F3N3O3/c18-17(19,20)12-2-1-3-13(6-12)26-14-5-4-10(7-21-14)15-22-8-11(9-23-15)16(24)25/h1-9H,(H,24,25). The quantitative estimate of drug-likeness (QED) is 0.755. The minimum Gasteiger partial charge on any atom is -0.478 e. The van der Waals surface area contributed by atoms with Crippen LogP contribution in [0, 0.1) is 0 Å². The van der Waals surface area contributed by atoms with E-state index in [0.717, 1.165) is 24.5 Å². The van der Waals surface area contributed by atoms with Crippen LogP contribution in [0.4, 0.5) is 13.2 Å². The number of hydrogen-bond donors (Lipinski definition) is 1. The number of rotatable bonds is 4. The number of alkyl halides is 3. The van der Waals surface area contributed by atoms with Gasteiger partial charge in [0.1, 0.15) is 5.75 Å². The Labute approximate surface area is 145 Å². The fraction of sp³-hybridized carbons (Fsp3) is 0.0588. The number of aromatic nitrogens is 3. The number of carboxylic acids is 1. The zero-order valence-corrected chi connectivity index (χ0v) is 12.9. The predicted octanol–water partition coefficient (Wildman–Crippen LogP) is 4.05. The molecule has 6 nitrogen and oxygen atoms in total. The average Bonchev–Trinajstić information content (AvgIpc) is 2.62. The smallest absolute Gasteiger partial charge is 0.416 e. The lowest BCUT2D eigenvalue weighted by molar-refractivity contribution is -0.137. The molecule has 0 bridgehead atoms. The minimum atomic E-state index is -4.46. The molecule has 0 radical (unpaired) electrons. The van der Waals surface area contributed by atoms with E-state index in [1.54, 1.807) is 6.07 Å². The Hall–Kier alpha value is -3.49. The van der Waals surface area contributed by atoms with Crippen LogP contribution < -0.4 is 4.74 Å². The number of carbonyl (C=O) groups is 1. The van der Waals surface area contributed by atoms with Crippen LogP contribution in [0.25, 0.3) is 11.4 Å². The van der Waals surface area contributed by atoms with Crippen LogP contribution in [-0.4, -0.2) is 26.0 Å². The Morgan fingerprint density at radius 2 is 1.73 bits per heavy atom. The van der Waals surface area contributed by atoms with Crippen molar-refractivity contribution >= 4 is 5.97 Å². The van der Waals surface area contributed by atoms with Gasteiger partial charge in [-0.2, -0.15) is 13.2 Å². The Kier molecular flexibility index (Phi) is 4.53. The second-order valence-electron chi connectivity index (χ2n) is 5.11. The normalized spacial score (nSPS) is 11.2.